The van der Waals surface area contributed by atoms with Crippen molar-refractivity contribution in [2.24, 2.45) is 5.73 Å². The Hall–Kier alpha value is -1.60. The van der Waals surface area contributed by atoms with E-state index in [1.54, 1.807) is 0 Å². The molecular formula is C17H21N. The second kappa shape index (κ2) is 5.83. The molecule has 0 bridgehead atoms. The molecule has 1 atom stereocenters. The van der Waals surface area contributed by atoms with Gasteiger partial charge in [-0.2, -0.15) is 0 Å². The third kappa shape index (κ3) is 3.21. The summed E-state index contributed by atoms with van der Waals surface area (Å²) in [5.74, 6) is 0. The van der Waals surface area contributed by atoms with E-state index in [-0.39, 0.29) is 6.04 Å². The first-order valence-electron chi connectivity index (χ1n) is 6.59. The standard InChI is InChI=1S/C17H21N/c1-3-14-8-10-16(11-9-14)17(18)12-15-6-4-13(2)5-7-15/h4-11,17H,3,12,18H2,1-2H3. The van der Waals surface area contributed by atoms with E-state index in [1.807, 2.05) is 0 Å². The second-order valence-corrected chi connectivity index (χ2v) is 4.89. The maximum absolute atomic E-state index is 6.26. The quantitative estimate of drug-likeness (QED) is 0.863. The Labute approximate surface area is 110 Å². The van der Waals surface area contributed by atoms with Crippen LogP contribution in [0.3, 0.4) is 0 Å². The molecule has 0 saturated heterocycles. The fraction of sp³-hybridized carbons (Fsp3) is 0.294. The molecule has 1 nitrogen and oxygen atoms in total. The fourth-order valence-corrected chi connectivity index (χ4v) is 2.10. The van der Waals surface area contributed by atoms with Crippen LogP contribution in [0, 0.1) is 6.92 Å². The molecule has 2 aromatic rings. The van der Waals surface area contributed by atoms with Crippen molar-refractivity contribution >= 4 is 0 Å². The van der Waals surface area contributed by atoms with Crippen LogP contribution in [0.4, 0.5) is 0 Å². The summed E-state index contributed by atoms with van der Waals surface area (Å²) in [5, 5.41) is 0. The van der Waals surface area contributed by atoms with Crippen LogP contribution >= 0.6 is 0 Å². The lowest BCUT2D eigenvalue weighted by atomic mass is 9.98. The summed E-state index contributed by atoms with van der Waals surface area (Å²) in [6, 6.07) is 17.3. The molecular weight excluding hydrogens is 218 g/mol. The molecule has 0 spiro atoms. The Bertz CT molecular complexity index is 482. The number of hydrogen-bond donors (Lipinski definition) is 1. The normalized spacial score (nSPS) is 12.4. The number of benzene rings is 2. The number of aryl methyl sites for hydroxylation is 2. The molecule has 1 unspecified atom stereocenters. The maximum Gasteiger partial charge on any atom is 0.0335 e. The lowest BCUT2D eigenvalue weighted by Gasteiger charge is -2.13. The monoisotopic (exact) mass is 239 g/mol. The Kier molecular flexibility index (Phi) is 4.16. The molecule has 0 radical (unpaired) electrons. The molecule has 2 aromatic carbocycles. The van der Waals surface area contributed by atoms with Gasteiger partial charge < -0.3 is 5.73 Å². The zero-order valence-electron chi connectivity index (χ0n) is 11.2. The van der Waals surface area contributed by atoms with Crippen LogP contribution in [0.15, 0.2) is 48.5 Å². The van der Waals surface area contributed by atoms with E-state index in [1.165, 1.54) is 22.3 Å². The van der Waals surface area contributed by atoms with Crippen molar-refractivity contribution in [2.75, 3.05) is 0 Å². The zero-order chi connectivity index (χ0) is 13.0. The van der Waals surface area contributed by atoms with Crippen molar-refractivity contribution in [3.8, 4) is 0 Å². The van der Waals surface area contributed by atoms with Gasteiger partial charge in [-0.1, -0.05) is 61.0 Å². The van der Waals surface area contributed by atoms with E-state index in [9.17, 15) is 0 Å². The summed E-state index contributed by atoms with van der Waals surface area (Å²) in [4.78, 5) is 0. The fourth-order valence-electron chi connectivity index (χ4n) is 2.10. The highest BCUT2D eigenvalue weighted by atomic mass is 14.6. The van der Waals surface area contributed by atoms with Gasteiger partial charge in [0, 0.05) is 6.04 Å². The molecule has 0 heterocycles. The van der Waals surface area contributed by atoms with Crippen molar-refractivity contribution < 1.29 is 0 Å². The Balaban J connectivity index is 2.06. The molecule has 0 fully saturated rings. The average Bonchev–Trinajstić information content (AvgIpc) is 2.41. The Morgan fingerprint density at radius 2 is 1.44 bits per heavy atom. The highest BCUT2D eigenvalue weighted by molar-refractivity contribution is 5.28. The Morgan fingerprint density at radius 1 is 0.889 bits per heavy atom. The summed E-state index contributed by atoms with van der Waals surface area (Å²) in [5.41, 5.74) is 11.4. The van der Waals surface area contributed by atoms with Gasteiger partial charge in [-0.05, 0) is 36.5 Å². The molecule has 94 valence electrons. The summed E-state index contributed by atoms with van der Waals surface area (Å²) in [6.07, 6.45) is 1.97. The summed E-state index contributed by atoms with van der Waals surface area (Å²) in [7, 11) is 0. The largest absolute Gasteiger partial charge is 0.324 e. The zero-order valence-corrected chi connectivity index (χ0v) is 11.2. The van der Waals surface area contributed by atoms with Gasteiger partial charge in [0.05, 0.1) is 0 Å². The molecule has 0 aromatic heterocycles. The van der Waals surface area contributed by atoms with Crippen molar-refractivity contribution in [3.05, 3.63) is 70.8 Å². The molecule has 0 aliphatic heterocycles. The van der Waals surface area contributed by atoms with Crippen molar-refractivity contribution in [2.45, 2.75) is 32.7 Å². The van der Waals surface area contributed by atoms with Gasteiger partial charge >= 0.3 is 0 Å². The van der Waals surface area contributed by atoms with Crippen molar-refractivity contribution in [1.82, 2.24) is 0 Å². The first-order valence-corrected chi connectivity index (χ1v) is 6.59. The first-order chi connectivity index (χ1) is 8.69. The van der Waals surface area contributed by atoms with Gasteiger partial charge in [-0.3, -0.25) is 0 Å². The van der Waals surface area contributed by atoms with Crippen molar-refractivity contribution in [3.63, 3.8) is 0 Å². The maximum atomic E-state index is 6.26. The topological polar surface area (TPSA) is 26.0 Å². The highest BCUT2D eigenvalue weighted by Crippen LogP contribution is 2.17. The number of nitrogens with two attached hydrogens (primary N) is 1. The SMILES string of the molecule is CCc1ccc(C(N)Cc2ccc(C)cc2)cc1. The van der Waals surface area contributed by atoms with E-state index in [0.29, 0.717) is 0 Å². The van der Waals surface area contributed by atoms with Gasteiger partial charge in [0.25, 0.3) is 0 Å². The van der Waals surface area contributed by atoms with E-state index >= 15 is 0 Å². The lowest BCUT2D eigenvalue weighted by Crippen LogP contribution is -2.13. The average molecular weight is 239 g/mol. The van der Waals surface area contributed by atoms with Gasteiger partial charge in [-0.15, -0.1) is 0 Å². The Morgan fingerprint density at radius 3 is 2.00 bits per heavy atom. The summed E-state index contributed by atoms with van der Waals surface area (Å²) in [6.45, 7) is 4.27. The second-order valence-electron chi connectivity index (χ2n) is 4.89. The van der Waals surface area contributed by atoms with Crippen LogP contribution in [-0.2, 0) is 12.8 Å². The summed E-state index contributed by atoms with van der Waals surface area (Å²) >= 11 is 0. The predicted molar refractivity (Wildman–Crippen MR) is 77.6 cm³/mol. The molecule has 2 rings (SSSR count). The molecule has 0 saturated carbocycles. The van der Waals surface area contributed by atoms with Gasteiger partial charge in [0.15, 0.2) is 0 Å². The molecule has 0 aliphatic rings. The van der Waals surface area contributed by atoms with Crippen LogP contribution in [-0.4, -0.2) is 0 Å². The van der Waals surface area contributed by atoms with E-state index in [0.717, 1.165) is 12.8 Å². The first kappa shape index (κ1) is 12.8. The predicted octanol–water partition coefficient (Wildman–Crippen LogP) is 3.80. The van der Waals surface area contributed by atoms with Crippen LogP contribution in [0.5, 0.6) is 0 Å². The highest BCUT2D eigenvalue weighted by Gasteiger charge is 2.06. The molecule has 18 heavy (non-hydrogen) atoms. The van der Waals surface area contributed by atoms with E-state index in [4.69, 9.17) is 5.73 Å². The third-order valence-electron chi connectivity index (χ3n) is 3.39. The third-order valence-corrected chi connectivity index (χ3v) is 3.39. The minimum Gasteiger partial charge on any atom is -0.324 e. The minimum absolute atomic E-state index is 0.0820. The van der Waals surface area contributed by atoms with Crippen molar-refractivity contribution in [1.29, 1.82) is 0 Å². The minimum atomic E-state index is 0.0820. The summed E-state index contributed by atoms with van der Waals surface area (Å²) < 4.78 is 0. The van der Waals surface area contributed by atoms with Gasteiger partial charge in [0.2, 0.25) is 0 Å². The van der Waals surface area contributed by atoms with Gasteiger partial charge in [0.1, 0.15) is 0 Å². The van der Waals surface area contributed by atoms with E-state index < -0.39 is 0 Å². The van der Waals surface area contributed by atoms with E-state index in [2.05, 4.69) is 62.4 Å². The molecule has 0 aliphatic carbocycles. The van der Waals surface area contributed by atoms with Crippen LogP contribution in [0.25, 0.3) is 0 Å². The lowest BCUT2D eigenvalue weighted by molar-refractivity contribution is 0.721. The molecule has 0 amide bonds. The van der Waals surface area contributed by atoms with Crippen LogP contribution < -0.4 is 5.73 Å². The molecule has 1 heteroatoms. The smallest absolute Gasteiger partial charge is 0.0335 e. The number of rotatable bonds is 4. The molecule has 2 N–H and O–H groups in total. The van der Waals surface area contributed by atoms with Gasteiger partial charge in [-0.25, -0.2) is 0 Å². The van der Waals surface area contributed by atoms with Crippen LogP contribution in [0.1, 0.15) is 35.2 Å². The number of hydrogen-bond acceptors (Lipinski definition) is 1. The van der Waals surface area contributed by atoms with Crippen LogP contribution in [0.2, 0.25) is 0 Å².